The highest BCUT2D eigenvalue weighted by molar-refractivity contribution is 6.01. The molecular weight excluding hydrogens is 209 g/mol. The molecule has 0 aromatic carbocycles. The van der Waals surface area contributed by atoms with Crippen molar-refractivity contribution in [2.45, 2.75) is 51.6 Å². The van der Waals surface area contributed by atoms with Crippen LogP contribution in [0.4, 0.5) is 13.2 Å². The van der Waals surface area contributed by atoms with E-state index in [0.29, 0.717) is 6.42 Å². The minimum absolute atomic E-state index is 0.0713. The summed E-state index contributed by atoms with van der Waals surface area (Å²) in [5, 5.41) is 0. The Hall–Kier alpha value is -0.870. The van der Waals surface area contributed by atoms with Crippen LogP contribution in [-0.2, 0) is 9.59 Å². The predicted molar refractivity (Wildman–Crippen MR) is 49.4 cm³/mol. The lowest BCUT2D eigenvalue weighted by Gasteiger charge is -2.04. The summed E-state index contributed by atoms with van der Waals surface area (Å²) in [4.78, 5) is 21.4. The van der Waals surface area contributed by atoms with Crippen molar-refractivity contribution in [1.29, 1.82) is 0 Å². The number of rotatable bonds is 7. The number of unbranched alkanes of at least 4 members (excludes halogenated alkanes) is 3. The van der Waals surface area contributed by atoms with Crippen molar-refractivity contribution < 1.29 is 22.8 Å². The maximum absolute atomic E-state index is 11.8. The molecule has 0 fully saturated rings. The van der Waals surface area contributed by atoms with Gasteiger partial charge in [-0.15, -0.1) is 0 Å². The van der Waals surface area contributed by atoms with E-state index in [1.54, 1.807) is 0 Å². The molecule has 15 heavy (non-hydrogen) atoms. The molecule has 0 rings (SSSR count). The lowest BCUT2D eigenvalue weighted by atomic mass is 10.1. The average Bonchev–Trinajstić information content (AvgIpc) is 2.11. The Bertz CT molecular complexity index is 221. The van der Waals surface area contributed by atoms with Gasteiger partial charge in [-0.05, 0) is 6.42 Å². The van der Waals surface area contributed by atoms with E-state index < -0.39 is 24.2 Å². The molecule has 0 bridgehead atoms. The van der Waals surface area contributed by atoms with Gasteiger partial charge < -0.3 is 0 Å². The van der Waals surface area contributed by atoms with Gasteiger partial charge in [-0.3, -0.25) is 9.59 Å². The molecule has 0 unspecified atom stereocenters. The number of carbonyl (C=O) groups excluding carboxylic acids is 2. The number of hydrogen-bond acceptors (Lipinski definition) is 2. The van der Waals surface area contributed by atoms with Gasteiger partial charge in [0.25, 0.3) is 0 Å². The highest BCUT2D eigenvalue weighted by Crippen LogP contribution is 2.18. The van der Waals surface area contributed by atoms with Crippen molar-refractivity contribution in [2.24, 2.45) is 0 Å². The molecule has 0 aromatic heterocycles. The molecule has 0 saturated heterocycles. The molecule has 0 N–H and O–H groups in total. The Morgan fingerprint density at radius 2 is 1.67 bits per heavy atom. The molecular formula is C10H15F3O2. The molecule has 0 amide bonds. The van der Waals surface area contributed by atoms with Crippen LogP contribution < -0.4 is 0 Å². The van der Waals surface area contributed by atoms with E-state index >= 15 is 0 Å². The SMILES string of the molecule is CCCCCCC(=O)CC(=O)C(F)(F)F. The fourth-order valence-corrected chi connectivity index (χ4v) is 1.12. The number of alkyl halides is 3. The van der Waals surface area contributed by atoms with E-state index in [1.807, 2.05) is 6.92 Å². The first-order valence-corrected chi connectivity index (χ1v) is 4.99. The Balaban J connectivity index is 3.71. The molecule has 0 aromatic rings. The van der Waals surface area contributed by atoms with Crippen LogP contribution in [0.15, 0.2) is 0 Å². The molecule has 0 aliphatic rings. The Morgan fingerprint density at radius 3 is 2.13 bits per heavy atom. The summed E-state index contributed by atoms with van der Waals surface area (Å²) in [7, 11) is 0. The molecule has 5 heteroatoms. The first kappa shape index (κ1) is 14.1. The van der Waals surface area contributed by atoms with E-state index in [-0.39, 0.29) is 6.42 Å². The van der Waals surface area contributed by atoms with Crippen LogP contribution in [0.5, 0.6) is 0 Å². The summed E-state index contributed by atoms with van der Waals surface area (Å²) < 4.78 is 35.3. The van der Waals surface area contributed by atoms with Gasteiger partial charge in [0.2, 0.25) is 5.78 Å². The van der Waals surface area contributed by atoms with Gasteiger partial charge in [-0.25, -0.2) is 0 Å². The monoisotopic (exact) mass is 224 g/mol. The maximum Gasteiger partial charge on any atom is 0.450 e. The zero-order chi connectivity index (χ0) is 11.9. The summed E-state index contributed by atoms with van der Waals surface area (Å²) >= 11 is 0. The Kier molecular flexibility index (Phi) is 6.20. The van der Waals surface area contributed by atoms with Crippen LogP contribution in [0, 0.1) is 0 Å². The number of Topliss-reactive ketones (excluding diaryl/α,β-unsaturated/α-hetero) is 2. The van der Waals surface area contributed by atoms with Crippen LogP contribution in [-0.4, -0.2) is 17.7 Å². The minimum Gasteiger partial charge on any atom is -0.299 e. The number of carbonyl (C=O) groups is 2. The summed E-state index contributed by atoms with van der Waals surface area (Å²) in [6.45, 7) is 2.00. The van der Waals surface area contributed by atoms with Crippen molar-refractivity contribution in [3.8, 4) is 0 Å². The average molecular weight is 224 g/mol. The zero-order valence-corrected chi connectivity index (χ0v) is 8.69. The lowest BCUT2D eigenvalue weighted by Crippen LogP contribution is -2.25. The van der Waals surface area contributed by atoms with Gasteiger partial charge >= 0.3 is 6.18 Å². The quantitative estimate of drug-likeness (QED) is 0.492. The fourth-order valence-electron chi connectivity index (χ4n) is 1.12. The van der Waals surface area contributed by atoms with E-state index in [1.165, 1.54) is 0 Å². The Labute approximate surface area is 86.8 Å². The molecule has 0 atom stereocenters. The summed E-state index contributed by atoms with van der Waals surface area (Å²) in [5.41, 5.74) is 0. The van der Waals surface area contributed by atoms with E-state index in [9.17, 15) is 22.8 Å². The van der Waals surface area contributed by atoms with Crippen LogP contribution in [0.3, 0.4) is 0 Å². The van der Waals surface area contributed by atoms with Crippen molar-refractivity contribution >= 4 is 11.6 Å². The molecule has 0 saturated carbocycles. The highest BCUT2D eigenvalue weighted by atomic mass is 19.4. The van der Waals surface area contributed by atoms with E-state index in [4.69, 9.17) is 0 Å². The van der Waals surface area contributed by atoms with Crippen LogP contribution in [0.1, 0.15) is 45.4 Å². The Morgan fingerprint density at radius 1 is 1.07 bits per heavy atom. The van der Waals surface area contributed by atoms with Crippen molar-refractivity contribution in [3.05, 3.63) is 0 Å². The maximum atomic E-state index is 11.8. The van der Waals surface area contributed by atoms with Crippen LogP contribution in [0.2, 0.25) is 0 Å². The number of hydrogen-bond donors (Lipinski definition) is 0. The zero-order valence-electron chi connectivity index (χ0n) is 8.69. The summed E-state index contributed by atoms with van der Waals surface area (Å²) in [6.07, 6.45) is -2.47. The molecule has 0 spiro atoms. The van der Waals surface area contributed by atoms with Gasteiger partial charge in [-0.2, -0.15) is 13.2 Å². The second-order valence-corrected chi connectivity index (χ2v) is 3.45. The van der Waals surface area contributed by atoms with E-state index in [2.05, 4.69) is 0 Å². The third-order valence-electron chi connectivity index (χ3n) is 1.98. The predicted octanol–water partition coefficient (Wildman–Crippen LogP) is 3.05. The normalized spacial score (nSPS) is 11.5. The third-order valence-corrected chi connectivity index (χ3v) is 1.98. The van der Waals surface area contributed by atoms with Crippen LogP contribution in [0.25, 0.3) is 0 Å². The molecule has 0 heterocycles. The standard InChI is InChI=1S/C10H15F3O2/c1-2-3-4-5-6-8(14)7-9(15)10(11,12)13/h2-7H2,1H3. The van der Waals surface area contributed by atoms with Crippen molar-refractivity contribution in [1.82, 2.24) is 0 Å². The summed E-state index contributed by atoms with van der Waals surface area (Å²) in [6, 6.07) is 0. The lowest BCUT2D eigenvalue weighted by molar-refractivity contribution is -0.171. The first-order chi connectivity index (χ1) is 6.88. The highest BCUT2D eigenvalue weighted by Gasteiger charge is 2.38. The molecule has 0 radical (unpaired) electrons. The van der Waals surface area contributed by atoms with E-state index in [0.717, 1.165) is 19.3 Å². The van der Waals surface area contributed by atoms with Gasteiger partial charge in [0.1, 0.15) is 5.78 Å². The smallest absolute Gasteiger partial charge is 0.299 e. The number of halogens is 3. The fraction of sp³-hybridized carbons (Fsp3) is 0.800. The topological polar surface area (TPSA) is 34.1 Å². The van der Waals surface area contributed by atoms with Gasteiger partial charge in [0, 0.05) is 6.42 Å². The third kappa shape index (κ3) is 7.11. The minimum atomic E-state index is -4.88. The first-order valence-electron chi connectivity index (χ1n) is 4.99. The summed E-state index contributed by atoms with van der Waals surface area (Å²) in [5.74, 6) is -2.56. The molecule has 88 valence electrons. The van der Waals surface area contributed by atoms with Crippen LogP contribution >= 0.6 is 0 Å². The van der Waals surface area contributed by atoms with Gasteiger partial charge in [0.05, 0.1) is 6.42 Å². The van der Waals surface area contributed by atoms with Crippen molar-refractivity contribution in [3.63, 3.8) is 0 Å². The molecule has 0 aliphatic carbocycles. The van der Waals surface area contributed by atoms with Gasteiger partial charge in [0.15, 0.2) is 0 Å². The second-order valence-electron chi connectivity index (χ2n) is 3.45. The molecule has 2 nitrogen and oxygen atoms in total. The van der Waals surface area contributed by atoms with Gasteiger partial charge in [-0.1, -0.05) is 26.2 Å². The largest absolute Gasteiger partial charge is 0.450 e. The molecule has 0 aliphatic heterocycles. The van der Waals surface area contributed by atoms with Crippen molar-refractivity contribution in [2.75, 3.05) is 0 Å². The second kappa shape index (κ2) is 6.58. The number of ketones is 2.